The van der Waals surface area contributed by atoms with Crippen LogP contribution in [0.25, 0.3) is 0 Å². The minimum absolute atomic E-state index is 0.653. The lowest BCUT2D eigenvalue weighted by atomic mass is 10.1. The second-order valence-electron chi connectivity index (χ2n) is 4.48. The van der Waals surface area contributed by atoms with Crippen molar-refractivity contribution in [1.29, 1.82) is 0 Å². The fourth-order valence-corrected chi connectivity index (χ4v) is 1.92. The van der Waals surface area contributed by atoms with Crippen LogP contribution < -0.4 is 15.8 Å². The average Bonchev–Trinajstić information content (AvgIpc) is 2.47. The van der Waals surface area contributed by atoms with Crippen molar-refractivity contribution in [2.45, 2.75) is 19.9 Å². The summed E-state index contributed by atoms with van der Waals surface area (Å²) in [5, 5.41) is 3.36. The van der Waals surface area contributed by atoms with Crippen molar-refractivity contribution >= 4 is 11.4 Å². The lowest BCUT2D eigenvalue weighted by Gasteiger charge is -2.10. The van der Waals surface area contributed by atoms with Crippen LogP contribution in [0.2, 0.25) is 0 Å². The minimum atomic E-state index is 0.653. The van der Waals surface area contributed by atoms with Crippen LogP contribution in [0.3, 0.4) is 0 Å². The van der Waals surface area contributed by atoms with Gasteiger partial charge in [0.15, 0.2) is 0 Å². The van der Waals surface area contributed by atoms with Gasteiger partial charge in [0, 0.05) is 18.3 Å². The summed E-state index contributed by atoms with van der Waals surface area (Å²) in [5.41, 5.74) is 10.1. The molecule has 0 heterocycles. The molecule has 0 radical (unpaired) electrons. The molecule has 0 spiro atoms. The summed E-state index contributed by atoms with van der Waals surface area (Å²) < 4.78 is 5.20. The van der Waals surface area contributed by atoms with Crippen LogP contribution in [-0.2, 0) is 13.0 Å². The SMILES string of the molecule is CCc1ccc(CNc2ccc(N)c(OC)c2)cc1. The van der Waals surface area contributed by atoms with Crippen molar-refractivity contribution in [1.82, 2.24) is 0 Å². The number of methoxy groups -OCH3 is 1. The van der Waals surface area contributed by atoms with E-state index < -0.39 is 0 Å². The van der Waals surface area contributed by atoms with Crippen LogP contribution in [0.15, 0.2) is 42.5 Å². The third kappa shape index (κ3) is 3.41. The number of nitrogens with one attached hydrogen (secondary N) is 1. The van der Waals surface area contributed by atoms with Gasteiger partial charge < -0.3 is 15.8 Å². The highest BCUT2D eigenvalue weighted by molar-refractivity contribution is 5.61. The fraction of sp³-hybridized carbons (Fsp3) is 0.250. The molecule has 0 aliphatic heterocycles. The van der Waals surface area contributed by atoms with Gasteiger partial charge in [-0.05, 0) is 29.7 Å². The quantitative estimate of drug-likeness (QED) is 0.805. The molecule has 100 valence electrons. The summed E-state index contributed by atoms with van der Waals surface area (Å²) in [6, 6.07) is 14.4. The zero-order valence-corrected chi connectivity index (χ0v) is 11.4. The van der Waals surface area contributed by atoms with E-state index >= 15 is 0 Å². The highest BCUT2D eigenvalue weighted by atomic mass is 16.5. The van der Waals surface area contributed by atoms with Crippen LogP contribution in [0.4, 0.5) is 11.4 Å². The Labute approximate surface area is 114 Å². The number of hydrogen-bond acceptors (Lipinski definition) is 3. The second kappa shape index (κ2) is 6.14. The predicted octanol–water partition coefficient (Wildman–Crippen LogP) is 3.45. The second-order valence-corrected chi connectivity index (χ2v) is 4.48. The number of rotatable bonds is 5. The number of aryl methyl sites for hydroxylation is 1. The molecule has 2 aromatic carbocycles. The van der Waals surface area contributed by atoms with Gasteiger partial charge in [0.25, 0.3) is 0 Å². The number of benzene rings is 2. The molecule has 0 aromatic heterocycles. The summed E-state index contributed by atoms with van der Waals surface area (Å²) in [6.07, 6.45) is 1.07. The maximum Gasteiger partial charge on any atom is 0.143 e. The lowest BCUT2D eigenvalue weighted by Crippen LogP contribution is -2.00. The van der Waals surface area contributed by atoms with Gasteiger partial charge in [-0.1, -0.05) is 31.2 Å². The van der Waals surface area contributed by atoms with Gasteiger partial charge in [0.1, 0.15) is 5.75 Å². The monoisotopic (exact) mass is 256 g/mol. The number of nitrogens with two attached hydrogens (primary N) is 1. The molecule has 3 nitrogen and oxygen atoms in total. The zero-order valence-electron chi connectivity index (χ0n) is 11.4. The van der Waals surface area contributed by atoms with Gasteiger partial charge in [-0.2, -0.15) is 0 Å². The van der Waals surface area contributed by atoms with E-state index in [1.54, 1.807) is 7.11 Å². The largest absolute Gasteiger partial charge is 0.495 e. The Balaban J connectivity index is 2.01. The van der Waals surface area contributed by atoms with Crippen molar-refractivity contribution in [3.63, 3.8) is 0 Å². The Hall–Kier alpha value is -2.16. The van der Waals surface area contributed by atoms with E-state index in [0.717, 1.165) is 18.7 Å². The summed E-state index contributed by atoms with van der Waals surface area (Å²) in [7, 11) is 1.62. The molecule has 0 atom stereocenters. The molecule has 0 fully saturated rings. The van der Waals surface area contributed by atoms with Crippen LogP contribution in [0.1, 0.15) is 18.1 Å². The lowest BCUT2D eigenvalue weighted by molar-refractivity contribution is 0.417. The van der Waals surface area contributed by atoms with E-state index in [4.69, 9.17) is 10.5 Å². The molecular formula is C16H20N2O. The molecule has 2 aromatic rings. The Bertz CT molecular complexity index is 535. The maximum absolute atomic E-state index is 5.79. The smallest absolute Gasteiger partial charge is 0.143 e. The van der Waals surface area contributed by atoms with Crippen molar-refractivity contribution < 1.29 is 4.74 Å². The summed E-state index contributed by atoms with van der Waals surface area (Å²) in [6.45, 7) is 2.95. The molecule has 0 amide bonds. The molecule has 0 saturated heterocycles. The molecule has 0 unspecified atom stereocenters. The molecule has 0 aliphatic carbocycles. The summed E-state index contributed by atoms with van der Waals surface area (Å²) in [4.78, 5) is 0. The molecular weight excluding hydrogens is 236 g/mol. The Kier molecular flexibility index (Phi) is 4.29. The highest BCUT2D eigenvalue weighted by Crippen LogP contribution is 2.25. The predicted molar refractivity (Wildman–Crippen MR) is 80.6 cm³/mol. The van der Waals surface area contributed by atoms with Gasteiger partial charge in [-0.3, -0.25) is 0 Å². The van der Waals surface area contributed by atoms with Crippen LogP contribution in [0.5, 0.6) is 5.75 Å². The Morgan fingerprint density at radius 3 is 2.37 bits per heavy atom. The fourth-order valence-electron chi connectivity index (χ4n) is 1.92. The van der Waals surface area contributed by atoms with Crippen LogP contribution in [-0.4, -0.2) is 7.11 Å². The standard InChI is InChI=1S/C16H20N2O/c1-3-12-4-6-13(7-5-12)11-18-14-8-9-15(17)16(10-14)19-2/h4-10,18H,3,11,17H2,1-2H3. The van der Waals surface area contributed by atoms with E-state index in [0.29, 0.717) is 11.4 Å². The van der Waals surface area contributed by atoms with E-state index in [2.05, 4.69) is 36.5 Å². The Morgan fingerprint density at radius 2 is 1.74 bits per heavy atom. The molecule has 19 heavy (non-hydrogen) atoms. The highest BCUT2D eigenvalue weighted by Gasteiger charge is 2.01. The zero-order chi connectivity index (χ0) is 13.7. The summed E-state index contributed by atoms with van der Waals surface area (Å²) in [5.74, 6) is 0.700. The molecule has 0 aliphatic rings. The summed E-state index contributed by atoms with van der Waals surface area (Å²) >= 11 is 0. The van der Waals surface area contributed by atoms with E-state index in [-0.39, 0.29) is 0 Å². The molecule has 0 saturated carbocycles. The van der Waals surface area contributed by atoms with E-state index in [9.17, 15) is 0 Å². The molecule has 3 heteroatoms. The first-order valence-electron chi connectivity index (χ1n) is 6.48. The van der Waals surface area contributed by atoms with Gasteiger partial charge in [-0.15, -0.1) is 0 Å². The van der Waals surface area contributed by atoms with Crippen molar-refractivity contribution in [2.24, 2.45) is 0 Å². The van der Waals surface area contributed by atoms with Gasteiger partial charge >= 0.3 is 0 Å². The van der Waals surface area contributed by atoms with Crippen molar-refractivity contribution in [3.05, 3.63) is 53.6 Å². The van der Waals surface area contributed by atoms with Gasteiger partial charge in [0.05, 0.1) is 12.8 Å². The normalized spacial score (nSPS) is 10.2. The van der Waals surface area contributed by atoms with E-state index in [1.807, 2.05) is 18.2 Å². The third-order valence-corrected chi connectivity index (χ3v) is 3.16. The molecule has 2 rings (SSSR count). The molecule has 0 bridgehead atoms. The minimum Gasteiger partial charge on any atom is -0.495 e. The van der Waals surface area contributed by atoms with Gasteiger partial charge in [-0.25, -0.2) is 0 Å². The first kappa shape index (κ1) is 13.3. The van der Waals surface area contributed by atoms with Crippen molar-refractivity contribution in [3.8, 4) is 5.75 Å². The molecule has 3 N–H and O–H groups in total. The first-order valence-corrected chi connectivity index (χ1v) is 6.48. The van der Waals surface area contributed by atoms with Crippen LogP contribution >= 0.6 is 0 Å². The van der Waals surface area contributed by atoms with E-state index in [1.165, 1.54) is 11.1 Å². The number of anilines is 2. The number of nitrogen functional groups attached to an aromatic ring is 1. The number of ether oxygens (including phenoxy) is 1. The topological polar surface area (TPSA) is 47.3 Å². The first-order chi connectivity index (χ1) is 9.22. The third-order valence-electron chi connectivity index (χ3n) is 3.16. The van der Waals surface area contributed by atoms with Crippen LogP contribution in [0, 0.1) is 0 Å². The maximum atomic E-state index is 5.79. The Morgan fingerprint density at radius 1 is 1.05 bits per heavy atom. The van der Waals surface area contributed by atoms with Gasteiger partial charge in [0.2, 0.25) is 0 Å². The number of hydrogen-bond donors (Lipinski definition) is 2. The van der Waals surface area contributed by atoms with Crippen molar-refractivity contribution in [2.75, 3.05) is 18.2 Å². The average molecular weight is 256 g/mol.